The van der Waals surface area contributed by atoms with Crippen molar-refractivity contribution < 1.29 is 27.5 Å². The molecule has 1 aliphatic rings. The Morgan fingerprint density at radius 1 is 1.37 bits per heavy atom. The minimum atomic E-state index is -4.29. The fourth-order valence-electron chi connectivity index (χ4n) is 1.90. The van der Waals surface area contributed by atoms with Crippen molar-refractivity contribution in [1.29, 1.82) is 0 Å². The van der Waals surface area contributed by atoms with E-state index < -0.39 is 36.1 Å². The summed E-state index contributed by atoms with van der Waals surface area (Å²) in [5.41, 5.74) is -0.783. The van der Waals surface area contributed by atoms with E-state index in [1.807, 2.05) is 0 Å². The Balaban J connectivity index is 2.66. The minimum absolute atomic E-state index is 0.0556. The first kappa shape index (κ1) is 15.8. The molecule has 7 heteroatoms. The number of piperidine rings is 1. The van der Waals surface area contributed by atoms with Crippen LogP contribution in [0.25, 0.3) is 0 Å². The fraction of sp³-hybridized carbons (Fsp3) is 0.833. The Kier molecular flexibility index (Phi) is 4.47. The van der Waals surface area contributed by atoms with Gasteiger partial charge in [0.25, 0.3) is 0 Å². The molecule has 0 N–H and O–H groups in total. The topological polar surface area (TPSA) is 46.6 Å². The van der Waals surface area contributed by atoms with Crippen LogP contribution >= 0.6 is 0 Å². The summed E-state index contributed by atoms with van der Waals surface area (Å²) >= 11 is 0. The van der Waals surface area contributed by atoms with E-state index in [4.69, 9.17) is 4.74 Å². The number of carbonyl (C=O) groups is 2. The molecule has 1 unspecified atom stereocenters. The first-order valence-corrected chi connectivity index (χ1v) is 6.08. The zero-order valence-electron chi connectivity index (χ0n) is 11.2. The molecule has 1 heterocycles. The van der Waals surface area contributed by atoms with E-state index in [1.165, 1.54) is 0 Å². The molecule has 0 aromatic heterocycles. The molecule has 1 saturated heterocycles. The summed E-state index contributed by atoms with van der Waals surface area (Å²) in [5, 5.41) is 0. The van der Waals surface area contributed by atoms with Crippen molar-refractivity contribution >= 4 is 12.0 Å². The highest BCUT2D eigenvalue weighted by molar-refractivity contribution is 5.92. The summed E-state index contributed by atoms with van der Waals surface area (Å²) in [7, 11) is 0. The summed E-state index contributed by atoms with van der Waals surface area (Å²) in [5.74, 6) is -1.22. The van der Waals surface area contributed by atoms with Gasteiger partial charge >= 0.3 is 12.3 Å². The molecular weight excluding hydrogens is 263 g/mol. The van der Waals surface area contributed by atoms with Crippen molar-refractivity contribution in [2.75, 3.05) is 6.54 Å². The molecule has 1 rings (SSSR count). The molecule has 1 aliphatic heterocycles. The van der Waals surface area contributed by atoms with E-state index in [0.717, 1.165) is 4.90 Å². The maximum atomic E-state index is 12.3. The quantitative estimate of drug-likeness (QED) is 0.742. The fourth-order valence-corrected chi connectivity index (χ4v) is 1.90. The smallest absolute Gasteiger partial charge is 0.417 e. The van der Waals surface area contributed by atoms with Crippen molar-refractivity contribution in [3.05, 3.63) is 0 Å². The maximum absolute atomic E-state index is 12.3. The summed E-state index contributed by atoms with van der Waals surface area (Å²) in [4.78, 5) is 24.1. The molecular formula is C12H18F3NO3. The van der Waals surface area contributed by atoms with Crippen LogP contribution in [0, 0.1) is 5.92 Å². The molecule has 1 fully saturated rings. The number of hydrogen-bond donors (Lipinski definition) is 0. The summed E-state index contributed by atoms with van der Waals surface area (Å²) in [6, 6.07) is 0. The van der Waals surface area contributed by atoms with Crippen molar-refractivity contribution in [1.82, 2.24) is 4.90 Å². The Bertz CT molecular complexity index is 360. The van der Waals surface area contributed by atoms with Crippen molar-refractivity contribution in [2.24, 2.45) is 5.92 Å². The first-order valence-electron chi connectivity index (χ1n) is 6.08. The third kappa shape index (κ3) is 5.48. The van der Waals surface area contributed by atoms with Crippen molar-refractivity contribution in [3.63, 3.8) is 0 Å². The van der Waals surface area contributed by atoms with Gasteiger partial charge < -0.3 is 4.74 Å². The van der Waals surface area contributed by atoms with Crippen LogP contribution < -0.4 is 0 Å². The van der Waals surface area contributed by atoms with Crippen LogP contribution in [0.2, 0.25) is 0 Å². The first-order chi connectivity index (χ1) is 8.48. The average molecular weight is 281 g/mol. The van der Waals surface area contributed by atoms with Gasteiger partial charge in [-0.15, -0.1) is 0 Å². The van der Waals surface area contributed by atoms with Gasteiger partial charge in [-0.1, -0.05) is 0 Å². The van der Waals surface area contributed by atoms with Crippen LogP contribution in [0.15, 0.2) is 0 Å². The van der Waals surface area contributed by atoms with Crippen LogP contribution in [-0.2, 0) is 9.53 Å². The molecule has 19 heavy (non-hydrogen) atoms. The van der Waals surface area contributed by atoms with Gasteiger partial charge in [0.1, 0.15) is 5.60 Å². The SMILES string of the molecule is CC(C)(C)OC(=O)N1CC(CC(F)(F)F)CCC1=O. The number of amides is 2. The Hall–Kier alpha value is -1.27. The predicted octanol–water partition coefficient (Wildman–Crippen LogP) is 3.11. The zero-order chi connectivity index (χ0) is 14.8. The number of rotatable bonds is 1. The van der Waals surface area contributed by atoms with E-state index in [9.17, 15) is 22.8 Å². The number of nitrogens with zero attached hydrogens (tertiary/aromatic N) is 1. The van der Waals surface area contributed by atoms with Gasteiger partial charge in [-0.05, 0) is 33.1 Å². The molecule has 0 spiro atoms. The van der Waals surface area contributed by atoms with Gasteiger partial charge in [-0.3, -0.25) is 4.79 Å². The second-order valence-electron chi connectivity index (χ2n) is 5.71. The highest BCUT2D eigenvalue weighted by atomic mass is 19.4. The molecule has 4 nitrogen and oxygen atoms in total. The van der Waals surface area contributed by atoms with Crippen molar-refractivity contribution in [2.45, 2.75) is 51.8 Å². The normalized spacial score (nSPS) is 21.5. The number of carbonyl (C=O) groups excluding carboxylic acids is 2. The molecule has 0 radical (unpaired) electrons. The number of imide groups is 1. The van der Waals surface area contributed by atoms with Crippen LogP contribution in [0.5, 0.6) is 0 Å². The van der Waals surface area contributed by atoms with Gasteiger partial charge in [0, 0.05) is 19.4 Å². The summed E-state index contributed by atoms with van der Waals surface area (Å²) in [6.45, 7) is 4.67. The predicted molar refractivity (Wildman–Crippen MR) is 61.3 cm³/mol. The number of ether oxygens (including phenoxy) is 1. The van der Waals surface area contributed by atoms with Gasteiger partial charge in [0.05, 0.1) is 0 Å². The Morgan fingerprint density at radius 3 is 2.42 bits per heavy atom. The van der Waals surface area contributed by atoms with E-state index >= 15 is 0 Å². The maximum Gasteiger partial charge on any atom is 0.417 e. The molecule has 0 aromatic carbocycles. The highest BCUT2D eigenvalue weighted by Gasteiger charge is 2.38. The summed E-state index contributed by atoms with van der Waals surface area (Å²) < 4.78 is 42.0. The number of hydrogen-bond acceptors (Lipinski definition) is 3. The van der Waals surface area contributed by atoms with Gasteiger partial charge in [-0.2, -0.15) is 13.2 Å². The number of halogens is 3. The van der Waals surface area contributed by atoms with Gasteiger partial charge in [0.15, 0.2) is 0 Å². The molecule has 0 aromatic rings. The molecule has 110 valence electrons. The Morgan fingerprint density at radius 2 is 1.95 bits per heavy atom. The molecule has 0 aliphatic carbocycles. The van der Waals surface area contributed by atoms with Crippen molar-refractivity contribution in [3.8, 4) is 0 Å². The lowest BCUT2D eigenvalue weighted by molar-refractivity contribution is -0.154. The van der Waals surface area contributed by atoms with E-state index in [0.29, 0.717) is 0 Å². The largest absolute Gasteiger partial charge is 0.443 e. The van der Waals surface area contributed by atoms with Crippen LogP contribution in [0.3, 0.4) is 0 Å². The van der Waals surface area contributed by atoms with Gasteiger partial charge in [-0.25, -0.2) is 9.69 Å². The third-order valence-electron chi connectivity index (χ3n) is 2.64. The average Bonchev–Trinajstić information content (AvgIpc) is 2.16. The lowest BCUT2D eigenvalue weighted by atomic mass is 9.94. The lowest BCUT2D eigenvalue weighted by Gasteiger charge is -2.32. The molecule has 0 saturated carbocycles. The number of alkyl halides is 3. The molecule has 0 bridgehead atoms. The third-order valence-corrected chi connectivity index (χ3v) is 2.64. The van der Waals surface area contributed by atoms with E-state index in [1.54, 1.807) is 20.8 Å². The standard InChI is InChI=1S/C12H18F3NO3/c1-11(2,3)19-10(18)16-7-8(4-5-9(16)17)6-12(13,14)15/h8H,4-7H2,1-3H3. The summed E-state index contributed by atoms with van der Waals surface area (Å²) in [6.07, 6.45) is -6.05. The Labute approximate surface area is 109 Å². The zero-order valence-corrected chi connectivity index (χ0v) is 11.2. The second-order valence-corrected chi connectivity index (χ2v) is 5.71. The number of likely N-dealkylation sites (tertiary alicyclic amines) is 1. The highest BCUT2D eigenvalue weighted by Crippen LogP contribution is 2.31. The molecule has 2 amide bonds. The second kappa shape index (κ2) is 5.38. The van der Waals surface area contributed by atoms with Crippen LogP contribution in [-0.4, -0.2) is 35.2 Å². The van der Waals surface area contributed by atoms with Gasteiger partial charge in [0.2, 0.25) is 5.91 Å². The minimum Gasteiger partial charge on any atom is -0.443 e. The van der Waals surface area contributed by atoms with Crippen LogP contribution in [0.1, 0.15) is 40.0 Å². The molecule has 1 atom stereocenters. The van der Waals surface area contributed by atoms with Crippen LogP contribution in [0.4, 0.5) is 18.0 Å². The lowest BCUT2D eigenvalue weighted by Crippen LogP contribution is -2.46. The van der Waals surface area contributed by atoms with E-state index in [-0.39, 0.29) is 19.4 Å². The van der Waals surface area contributed by atoms with E-state index in [2.05, 4.69) is 0 Å². The monoisotopic (exact) mass is 281 g/mol.